The first kappa shape index (κ1) is 17.4. The summed E-state index contributed by atoms with van der Waals surface area (Å²) in [6.45, 7) is 4.49. The third kappa shape index (κ3) is 4.79. The minimum absolute atomic E-state index is 0.0242. The Morgan fingerprint density at radius 3 is 2.88 bits per heavy atom. The summed E-state index contributed by atoms with van der Waals surface area (Å²) in [5.41, 5.74) is 2.23. The van der Waals surface area contributed by atoms with E-state index in [4.69, 9.17) is 11.6 Å². The van der Waals surface area contributed by atoms with Gasteiger partial charge in [-0.25, -0.2) is 4.98 Å². The number of hydrogen-bond donors (Lipinski definition) is 1. The Kier molecular flexibility index (Phi) is 5.87. The zero-order valence-electron chi connectivity index (χ0n) is 13.8. The Labute approximate surface area is 151 Å². The minimum atomic E-state index is 0.0242. The van der Waals surface area contributed by atoms with Crippen LogP contribution in [0.15, 0.2) is 24.4 Å². The standard InChI is InChI=1S/C18H22ClN3OS/c1-13-5-6-14(10-16(13)19)9-15-11-20-18(24-15)21-17(23)12-22-7-3-2-4-8-22/h5-6,10-11H,2-4,7-9,12H2,1H3,(H,20,21,23). The number of amides is 1. The highest BCUT2D eigenvalue weighted by Crippen LogP contribution is 2.24. The van der Waals surface area contributed by atoms with E-state index in [1.165, 1.54) is 30.6 Å². The lowest BCUT2D eigenvalue weighted by Gasteiger charge is -2.25. The van der Waals surface area contributed by atoms with Crippen molar-refractivity contribution in [1.82, 2.24) is 9.88 Å². The molecule has 0 aliphatic carbocycles. The quantitative estimate of drug-likeness (QED) is 0.869. The van der Waals surface area contributed by atoms with Crippen molar-refractivity contribution < 1.29 is 4.79 Å². The van der Waals surface area contributed by atoms with Gasteiger partial charge in [0.25, 0.3) is 0 Å². The smallest absolute Gasteiger partial charge is 0.240 e. The topological polar surface area (TPSA) is 45.2 Å². The lowest BCUT2D eigenvalue weighted by atomic mass is 10.1. The van der Waals surface area contributed by atoms with Gasteiger partial charge >= 0.3 is 0 Å². The number of benzene rings is 1. The first-order valence-electron chi connectivity index (χ1n) is 8.32. The number of carbonyl (C=O) groups is 1. The molecule has 3 rings (SSSR count). The second-order valence-electron chi connectivity index (χ2n) is 6.28. The number of nitrogens with zero attached hydrogens (tertiary/aromatic N) is 2. The average molecular weight is 364 g/mol. The van der Waals surface area contributed by atoms with E-state index in [1.54, 1.807) is 0 Å². The summed E-state index contributed by atoms with van der Waals surface area (Å²) >= 11 is 7.70. The second kappa shape index (κ2) is 8.10. The molecule has 0 spiro atoms. The number of aromatic nitrogens is 1. The van der Waals surface area contributed by atoms with Gasteiger partial charge in [-0.15, -0.1) is 11.3 Å². The summed E-state index contributed by atoms with van der Waals surface area (Å²) in [6.07, 6.45) is 6.26. The van der Waals surface area contributed by atoms with Gasteiger partial charge < -0.3 is 5.32 Å². The zero-order valence-corrected chi connectivity index (χ0v) is 15.4. The fraction of sp³-hybridized carbons (Fsp3) is 0.444. The Morgan fingerprint density at radius 2 is 2.12 bits per heavy atom. The molecule has 1 saturated heterocycles. The molecule has 0 radical (unpaired) electrons. The van der Waals surface area contributed by atoms with Crippen LogP contribution in [-0.2, 0) is 11.2 Å². The molecule has 4 nitrogen and oxygen atoms in total. The van der Waals surface area contributed by atoms with Crippen LogP contribution in [0, 0.1) is 6.92 Å². The number of likely N-dealkylation sites (tertiary alicyclic amines) is 1. The highest BCUT2D eigenvalue weighted by Gasteiger charge is 2.15. The van der Waals surface area contributed by atoms with Crippen molar-refractivity contribution >= 4 is 34.0 Å². The summed E-state index contributed by atoms with van der Waals surface area (Å²) < 4.78 is 0. The van der Waals surface area contributed by atoms with Crippen molar-refractivity contribution in [3.05, 3.63) is 45.4 Å². The van der Waals surface area contributed by atoms with E-state index in [-0.39, 0.29) is 5.91 Å². The number of anilines is 1. The van der Waals surface area contributed by atoms with Crippen LogP contribution in [0.25, 0.3) is 0 Å². The Bertz CT molecular complexity index is 710. The summed E-state index contributed by atoms with van der Waals surface area (Å²) in [5, 5.41) is 4.37. The molecule has 1 aromatic carbocycles. The second-order valence-corrected chi connectivity index (χ2v) is 7.80. The molecular weight excluding hydrogens is 342 g/mol. The monoisotopic (exact) mass is 363 g/mol. The Hall–Kier alpha value is -1.43. The van der Waals surface area contributed by atoms with Crippen molar-refractivity contribution in [2.75, 3.05) is 25.0 Å². The molecule has 0 unspecified atom stereocenters. The molecule has 1 N–H and O–H groups in total. The van der Waals surface area contributed by atoms with Gasteiger partial charge in [0.1, 0.15) is 0 Å². The Balaban J connectivity index is 1.54. The molecule has 2 aromatic rings. The normalized spacial score (nSPS) is 15.4. The van der Waals surface area contributed by atoms with Gasteiger partial charge in [0.05, 0.1) is 6.54 Å². The largest absolute Gasteiger partial charge is 0.301 e. The number of nitrogens with one attached hydrogen (secondary N) is 1. The van der Waals surface area contributed by atoms with Crippen LogP contribution in [0.3, 0.4) is 0 Å². The maximum absolute atomic E-state index is 12.1. The lowest BCUT2D eigenvalue weighted by Crippen LogP contribution is -2.36. The van der Waals surface area contributed by atoms with Crippen LogP contribution in [0.2, 0.25) is 5.02 Å². The van der Waals surface area contributed by atoms with Crippen molar-refractivity contribution in [1.29, 1.82) is 0 Å². The van der Waals surface area contributed by atoms with Crippen molar-refractivity contribution in [3.8, 4) is 0 Å². The SMILES string of the molecule is Cc1ccc(Cc2cnc(NC(=O)CN3CCCCC3)s2)cc1Cl. The number of aryl methyl sites for hydroxylation is 1. The van der Waals surface area contributed by atoms with Crippen LogP contribution in [0.5, 0.6) is 0 Å². The highest BCUT2D eigenvalue weighted by molar-refractivity contribution is 7.15. The molecule has 2 heterocycles. The molecule has 1 aliphatic rings. The van der Waals surface area contributed by atoms with Gasteiger partial charge in [-0.1, -0.05) is 30.2 Å². The van der Waals surface area contributed by atoms with E-state index < -0.39 is 0 Å². The fourth-order valence-corrected chi connectivity index (χ4v) is 3.94. The van der Waals surface area contributed by atoms with Crippen molar-refractivity contribution in [3.63, 3.8) is 0 Å². The van der Waals surface area contributed by atoms with E-state index in [9.17, 15) is 4.79 Å². The molecule has 0 atom stereocenters. The molecule has 6 heteroatoms. The van der Waals surface area contributed by atoms with Crippen LogP contribution in [0.4, 0.5) is 5.13 Å². The molecule has 1 fully saturated rings. The van der Waals surface area contributed by atoms with E-state index in [1.807, 2.05) is 25.3 Å². The number of halogens is 1. The van der Waals surface area contributed by atoms with Gasteiger partial charge in [0.15, 0.2) is 5.13 Å². The van der Waals surface area contributed by atoms with Crippen LogP contribution in [0.1, 0.15) is 35.3 Å². The molecular formula is C18H22ClN3OS. The van der Waals surface area contributed by atoms with Gasteiger partial charge in [-0.2, -0.15) is 0 Å². The van der Waals surface area contributed by atoms with Gasteiger partial charge in [0.2, 0.25) is 5.91 Å². The van der Waals surface area contributed by atoms with Crippen LogP contribution < -0.4 is 5.32 Å². The van der Waals surface area contributed by atoms with Gasteiger partial charge in [0, 0.05) is 22.5 Å². The molecule has 24 heavy (non-hydrogen) atoms. The molecule has 0 bridgehead atoms. The van der Waals surface area contributed by atoms with Gasteiger partial charge in [-0.05, 0) is 50.0 Å². The van der Waals surface area contributed by atoms with Gasteiger partial charge in [-0.3, -0.25) is 9.69 Å². The predicted octanol–water partition coefficient (Wildman–Crippen LogP) is 4.12. The molecule has 128 valence electrons. The number of piperidine rings is 1. The maximum atomic E-state index is 12.1. The number of carbonyl (C=O) groups excluding carboxylic acids is 1. The lowest BCUT2D eigenvalue weighted by molar-refractivity contribution is -0.117. The minimum Gasteiger partial charge on any atom is -0.301 e. The maximum Gasteiger partial charge on any atom is 0.240 e. The molecule has 1 amide bonds. The summed E-state index contributed by atoms with van der Waals surface area (Å²) in [6, 6.07) is 6.10. The van der Waals surface area contributed by atoms with E-state index >= 15 is 0 Å². The van der Waals surface area contributed by atoms with E-state index in [2.05, 4.69) is 21.3 Å². The zero-order chi connectivity index (χ0) is 16.9. The van der Waals surface area contributed by atoms with Crippen molar-refractivity contribution in [2.45, 2.75) is 32.6 Å². The fourth-order valence-electron chi connectivity index (χ4n) is 2.87. The van der Waals surface area contributed by atoms with Crippen LogP contribution in [-0.4, -0.2) is 35.4 Å². The van der Waals surface area contributed by atoms with Crippen LogP contribution >= 0.6 is 22.9 Å². The first-order chi connectivity index (χ1) is 11.6. The Morgan fingerprint density at radius 1 is 1.33 bits per heavy atom. The summed E-state index contributed by atoms with van der Waals surface area (Å²) in [5.74, 6) is 0.0242. The first-order valence-corrected chi connectivity index (χ1v) is 9.51. The predicted molar refractivity (Wildman–Crippen MR) is 100 cm³/mol. The number of thiazole rings is 1. The van der Waals surface area contributed by atoms with Crippen molar-refractivity contribution in [2.24, 2.45) is 0 Å². The number of hydrogen-bond acceptors (Lipinski definition) is 4. The third-order valence-corrected chi connectivity index (χ3v) is 5.55. The highest BCUT2D eigenvalue weighted by atomic mass is 35.5. The molecule has 1 aliphatic heterocycles. The van der Waals surface area contributed by atoms with E-state index in [0.29, 0.717) is 11.7 Å². The summed E-state index contributed by atoms with van der Waals surface area (Å²) in [4.78, 5) is 19.8. The molecule has 1 aromatic heterocycles. The third-order valence-electron chi connectivity index (χ3n) is 4.23. The summed E-state index contributed by atoms with van der Waals surface area (Å²) in [7, 11) is 0. The van der Waals surface area contributed by atoms with E-state index in [0.717, 1.165) is 40.5 Å². The number of rotatable bonds is 5. The average Bonchev–Trinajstić information content (AvgIpc) is 2.98. The molecule has 0 saturated carbocycles.